The van der Waals surface area contributed by atoms with Crippen molar-refractivity contribution in [2.45, 2.75) is 45.4 Å². The molecule has 1 saturated carbocycles. The molecule has 1 aromatic rings. The summed E-state index contributed by atoms with van der Waals surface area (Å²) in [5.41, 5.74) is 1.03. The summed E-state index contributed by atoms with van der Waals surface area (Å²) < 4.78 is 5.14. The molecule has 0 amide bonds. The van der Waals surface area contributed by atoms with Crippen LogP contribution in [-0.4, -0.2) is 7.11 Å². The predicted molar refractivity (Wildman–Crippen MR) is 89.4 cm³/mol. The first kappa shape index (κ1) is 15.7. The van der Waals surface area contributed by atoms with E-state index < -0.39 is 0 Å². The van der Waals surface area contributed by atoms with Crippen LogP contribution in [0.3, 0.4) is 0 Å². The van der Waals surface area contributed by atoms with Gasteiger partial charge in [0.2, 0.25) is 0 Å². The van der Waals surface area contributed by atoms with Crippen LogP contribution in [0.2, 0.25) is 0 Å². The molecule has 1 aromatic carbocycles. The minimum absolute atomic E-state index is 0.739. The van der Waals surface area contributed by atoms with Crippen molar-refractivity contribution < 1.29 is 4.74 Å². The molecular formula is C20H26O. The number of hydrogen-bond donors (Lipinski definition) is 0. The van der Waals surface area contributed by atoms with E-state index in [1.807, 2.05) is 30.3 Å². The Morgan fingerprint density at radius 3 is 2.48 bits per heavy atom. The topological polar surface area (TPSA) is 9.23 Å². The fraction of sp³-hybridized carbons (Fsp3) is 0.500. The van der Waals surface area contributed by atoms with Crippen molar-refractivity contribution in [3.05, 3.63) is 42.0 Å². The van der Waals surface area contributed by atoms with Crippen molar-refractivity contribution in [3.8, 4) is 17.6 Å². The molecule has 0 radical (unpaired) electrons. The van der Waals surface area contributed by atoms with Gasteiger partial charge in [-0.1, -0.05) is 37.7 Å². The van der Waals surface area contributed by atoms with Crippen molar-refractivity contribution in [2.75, 3.05) is 7.11 Å². The minimum atomic E-state index is 0.739. The van der Waals surface area contributed by atoms with Gasteiger partial charge in [-0.3, -0.25) is 0 Å². The quantitative estimate of drug-likeness (QED) is 0.689. The number of ether oxygens (including phenoxy) is 1. The Morgan fingerprint density at radius 2 is 1.86 bits per heavy atom. The zero-order valence-corrected chi connectivity index (χ0v) is 13.3. The second-order valence-electron chi connectivity index (χ2n) is 5.93. The number of rotatable bonds is 4. The lowest BCUT2D eigenvalue weighted by molar-refractivity contribution is 0.294. The molecule has 0 atom stereocenters. The number of benzene rings is 1. The van der Waals surface area contributed by atoms with Crippen LogP contribution in [0, 0.1) is 23.7 Å². The second-order valence-corrected chi connectivity index (χ2v) is 5.93. The summed E-state index contributed by atoms with van der Waals surface area (Å²) in [5.74, 6) is 8.91. The Labute approximate surface area is 129 Å². The van der Waals surface area contributed by atoms with Crippen LogP contribution in [0.25, 0.3) is 0 Å². The third-order valence-corrected chi connectivity index (χ3v) is 4.35. The first-order valence-corrected chi connectivity index (χ1v) is 8.14. The normalized spacial score (nSPS) is 21.8. The van der Waals surface area contributed by atoms with Crippen LogP contribution in [0.5, 0.6) is 5.75 Å². The molecule has 1 aliphatic rings. The van der Waals surface area contributed by atoms with Crippen LogP contribution in [-0.2, 0) is 0 Å². The molecule has 112 valence electrons. The second kappa shape index (κ2) is 8.57. The zero-order chi connectivity index (χ0) is 14.9. The highest BCUT2D eigenvalue weighted by Gasteiger charge is 2.18. The highest BCUT2D eigenvalue weighted by molar-refractivity contribution is 5.40. The maximum atomic E-state index is 5.14. The van der Waals surface area contributed by atoms with Gasteiger partial charge in [-0.2, -0.15) is 0 Å². The molecule has 1 fully saturated rings. The van der Waals surface area contributed by atoms with Crippen LogP contribution < -0.4 is 4.74 Å². The van der Waals surface area contributed by atoms with Crippen LogP contribution in [0.1, 0.15) is 51.0 Å². The Morgan fingerprint density at radius 1 is 1.14 bits per heavy atom. The maximum absolute atomic E-state index is 5.14. The molecule has 0 heterocycles. The average Bonchev–Trinajstić information content (AvgIpc) is 2.54. The van der Waals surface area contributed by atoms with Crippen molar-refractivity contribution in [1.29, 1.82) is 0 Å². The van der Waals surface area contributed by atoms with E-state index >= 15 is 0 Å². The van der Waals surface area contributed by atoms with Gasteiger partial charge in [-0.25, -0.2) is 0 Å². The molecule has 0 N–H and O–H groups in total. The van der Waals surface area contributed by atoms with E-state index in [-0.39, 0.29) is 0 Å². The van der Waals surface area contributed by atoms with E-state index in [1.54, 1.807) is 7.11 Å². The Bertz CT molecular complexity index is 493. The minimum Gasteiger partial charge on any atom is -0.497 e. The number of hydrogen-bond acceptors (Lipinski definition) is 1. The molecule has 1 aliphatic carbocycles. The highest BCUT2D eigenvalue weighted by Crippen LogP contribution is 2.31. The molecule has 0 spiro atoms. The van der Waals surface area contributed by atoms with E-state index in [1.165, 1.54) is 38.5 Å². The van der Waals surface area contributed by atoms with Gasteiger partial charge in [-0.15, -0.1) is 0 Å². The lowest BCUT2D eigenvalue weighted by Gasteiger charge is -2.26. The van der Waals surface area contributed by atoms with Gasteiger partial charge in [0, 0.05) is 5.56 Å². The van der Waals surface area contributed by atoms with Crippen LogP contribution in [0.15, 0.2) is 36.4 Å². The van der Waals surface area contributed by atoms with Crippen molar-refractivity contribution in [1.82, 2.24) is 0 Å². The molecular weight excluding hydrogens is 256 g/mol. The van der Waals surface area contributed by atoms with E-state index in [2.05, 4.69) is 24.8 Å². The summed E-state index contributed by atoms with van der Waals surface area (Å²) in [5, 5.41) is 0. The summed E-state index contributed by atoms with van der Waals surface area (Å²) in [7, 11) is 1.68. The van der Waals surface area contributed by atoms with Gasteiger partial charge < -0.3 is 4.74 Å². The summed E-state index contributed by atoms with van der Waals surface area (Å²) in [6.45, 7) is 2.29. The zero-order valence-electron chi connectivity index (χ0n) is 13.3. The van der Waals surface area contributed by atoms with Gasteiger partial charge in [-0.05, 0) is 67.9 Å². The van der Waals surface area contributed by atoms with Crippen LogP contribution in [0.4, 0.5) is 0 Å². The fourth-order valence-corrected chi connectivity index (χ4v) is 3.06. The summed E-state index contributed by atoms with van der Waals surface area (Å²) in [4.78, 5) is 0. The lowest BCUT2D eigenvalue weighted by Crippen LogP contribution is -2.12. The molecule has 21 heavy (non-hydrogen) atoms. The van der Waals surface area contributed by atoms with Gasteiger partial charge in [0.25, 0.3) is 0 Å². The predicted octanol–water partition coefficient (Wildman–Crippen LogP) is 5.21. The van der Waals surface area contributed by atoms with Gasteiger partial charge in [0.15, 0.2) is 0 Å². The fourth-order valence-electron chi connectivity index (χ4n) is 3.06. The Kier molecular flexibility index (Phi) is 6.41. The number of allylic oxidation sites excluding steroid dienone is 2. The van der Waals surface area contributed by atoms with Gasteiger partial charge in [0.1, 0.15) is 5.75 Å². The monoisotopic (exact) mass is 282 g/mol. The molecule has 0 unspecified atom stereocenters. The largest absolute Gasteiger partial charge is 0.497 e. The van der Waals surface area contributed by atoms with E-state index in [9.17, 15) is 0 Å². The lowest BCUT2D eigenvalue weighted by atomic mass is 9.80. The molecule has 1 nitrogen and oxygen atoms in total. The molecule has 1 heteroatoms. The standard InChI is InChI=1S/C20H26O/c1-3-6-17-9-11-18(12-10-17)7-4-5-8-19-13-15-20(21-2)16-14-19/h4,7,13-18H,3,6,9-12H2,1-2H3/t17-,18-. The molecule has 2 rings (SSSR count). The highest BCUT2D eigenvalue weighted by atomic mass is 16.5. The van der Waals surface area contributed by atoms with Crippen molar-refractivity contribution in [3.63, 3.8) is 0 Å². The van der Waals surface area contributed by atoms with Gasteiger partial charge >= 0.3 is 0 Å². The summed E-state index contributed by atoms with van der Waals surface area (Å²) >= 11 is 0. The van der Waals surface area contributed by atoms with E-state index in [0.717, 1.165) is 23.1 Å². The van der Waals surface area contributed by atoms with Gasteiger partial charge in [0.05, 0.1) is 7.11 Å². The molecule has 0 saturated heterocycles. The first-order valence-electron chi connectivity index (χ1n) is 8.14. The Balaban J connectivity index is 1.79. The first-order chi connectivity index (χ1) is 10.3. The summed E-state index contributed by atoms with van der Waals surface area (Å²) in [6, 6.07) is 7.89. The molecule has 0 aromatic heterocycles. The number of methoxy groups -OCH3 is 1. The van der Waals surface area contributed by atoms with E-state index in [0.29, 0.717) is 0 Å². The third kappa shape index (κ3) is 5.31. The maximum Gasteiger partial charge on any atom is 0.118 e. The SMILES string of the molecule is CCC[C@H]1CC[C@H](C=CC#Cc2ccc(OC)cc2)CC1. The van der Waals surface area contributed by atoms with Crippen molar-refractivity contribution >= 4 is 0 Å². The third-order valence-electron chi connectivity index (χ3n) is 4.35. The molecule has 0 bridgehead atoms. The van der Waals surface area contributed by atoms with Crippen LogP contribution >= 0.6 is 0 Å². The average molecular weight is 282 g/mol. The smallest absolute Gasteiger partial charge is 0.118 e. The van der Waals surface area contributed by atoms with E-state index in [4.69, 9.17) is 4.74 Å². The van der Waals surface area contributed by atoms with Crippen molar-refractivity contribution in [2.24, 2.45) is 11.8 Å². The summed E-state index contributed by atoms with van der Waals surface area (Å²) in [6.07, 6.45) is 12.6. The molecule has 0 aliphatic heterocycles. The Hall–Kier alpha value is -1.68.